The average molecular weight is 601 g/mol. The fourth-order valence-electron chi connectivity index (χ4n) is 5.87. The van der Waals surface area contributed by atoms with E-state index in [1.54, 1.807) is 44.2 Å². The molecule has 0 radical (unpaired) electrons. The number of carbonyl (C=O) groups is 4. The van der Waals surface area contributed by atoms with Crippen LogP contribution < -0.4 is 0 Å². The molecule has 3 aromatic rings. The molecule has 0 saturated carbocycles. The summed E-state index contributed by atoms with van der Waals surface area (Å²) in [6, 6.07) is 26.9. The molecular formula is C35H36O9. The molecule has 0 aromatic heterocycles. The van der Waals surface area contributed by atoms with Crippen LogP contribution in [-0.4, -0.2) is 48.8 Å². The van der Waals surface area contributed by atoms with E-state index < -0.39 is 59.3 Å². The van der Waals surface area contributed by atoms with Crippen LogP contribution in [0.15, 0.2) is 91.0 Å². The van der Waals surface area contributed by atoms with Gasteiger partial charge in [0.05, 0.1) is 30.1 Å². The Hall–Kier alpha value is -4.50. The number of hydrogen-bond acceptors (Lipinski definition) is 9. The normalized spacial score (nSPS) is 23.6. The summed E-state index contributed by atoms with van der Waals surface area (Å²) in [5, 5.41) is 0. The summed E-state index contributed by atoms with van der Waals surface area (Å²) in [5.74, 6) is -5.35. The van der Waals surface area contributed by atoms with Gasteiger partial charge in [-0.25, -0.2) is 4.79 Å². The molecule has 5 atom stereocenters. The fraction of sp³-hybridized carbons (Fsp3) is 0.371. The van der Waals surface area contributed by atoms with Gasteiger partial charge in [0, 0.05) is 5.92 Å². The smallest absolute Gasteiger partial charge is 0.338 e. The van der Waals surface area contributed by atoms with E-state index in [2.05, 4.69) is 0 Å². The third kappa shape index (κ3) is 7.00. The molecule has 2 aliphatic heterocycles. The highest BCUT2D eigenvalue weighted by molar-refractivity contribution is 5.89. The highest BCUT2D eigenvalue weighted by atomic mass is 16.6. The van der Waals surface area contributed by atoms with E-state index in [4.69, 9.17) is 23.7 Å². The van der Waals surface area contributed by atoms with Crippen LogP contribution in [0.1, 0.15) is 41.8 Å². The van der Waals surface area contributed by atoms with Gasteiger partial charge in [0.15, 0.2) is 0 Å². The second-order valence-electron chi connectivity index (χ2n) is 11.5. The van der Waals surface area contributed by atoms with E-state index in [9.17, 15) is 19.2 Å². The first kappa shape index (κ1) is 30.9. The van der Waals surface area contributed by atoms with Crippen LogP contribution in [0.3, 0.4) is 0 Å². The lowest BCUT2D eigenvalue weighted by molar-refractivity contribution is -0.171. The molecule has 2 aliphatic rings. The quantitative estimate of drug-likeness (QED) is 0.211. The number of benzene rings is 3. The first-order valence-electron chi connectivity index (χ1n) is 14.7. The molecule has 0 amide bonds. The van der Waals surface area contributed by atoms with E-state index in [0.29, 0.717) is 5.56 Å². The third-order valence-electron chi connectivity index (χ3n) is 8.07. The Morgan fingerprint density at radius 3 is 1.86 bits per heavy atom. The van der Waals surface area contributed by atoms with Crippen LogP contribution in [-0.2, 0) is 51.3 Å². The van der Waals surface area contributed by atoms with Gasteiger partial charge in [0.25, 0.3) is 0 Å². The Morgan fingerprint density at radius 2 is 1.30 bits per heavy atom. The number of carbonyl (C=O) groups excluding carboxylic acids is 4. The zero-order chi connectivity index (χ0) is 31.1. The monoisotopic (exact) mass is 600 g/mol. The highest BCUT2D eigenvalue weighted by Crippen LogP contribution is 2.55. The lowest BCUT2D eigenvalue weighted by Crippen LogP contribution is -2.52. The maximum absolute atomic E-state index is 13.8. The maximum atomic E-state index is 13.8. The SMILES string of the molecule is CC(C)C(=O)OC[C@@]12C[C@H](COC(=O)c3ccccc3)[C@@H](O1)[C@@H](C(=O)OCc1ccccc1)[C@H]2C(=O)OCc1ccccc1. The van der Waals surface area contributed by atoms with Crippen molar-refractivity contribution in [2.75, 3.05) is 13.2 Å². The third-order valence-corrected chi connectivity index (χ3v) is 8.07. The molecule has 230 valence electrons. The second-order valence-corrected chi connectivity index (χ2v) is 11.5. The predicted octanol–water partition coefficient (Wildman–Crippen LogP) is 4.92. The maximum Gasteiger partial charge on any atom is 0.338 e. The topological polar surface area (TPSA) is 114 Å². The Balaban J connectivity index is 1.41. The number of ether oxygens (including phenoxy) is 5. The van der Waals surface area contributed by atoms with Crippen molar-refractivity contribution in [3.63, 3.8) is 0 Å². The molecule has 0 unspecified atom stereocenters. The summed E-state index contributed by atoms with van der Waals surface area (Å²) in [5.41, 5.74) is 0.572. The van der Waals surface area contributed by atoms with E-state index in [1.165, 1.54) is 0 Å². The molecule has 0 spiro atoms. The van der Waals surface area contributed by atoms with Crippen molar-refractivity contribution in [2.24, 2.45) is 23.7 Å². The molecule has 2 heterocycles. The zero-order valence-corrected chi connectivity index (χ0v) is 24.8. The van der Waals surface area contributed by atoms with Gasteiger partial charge < -0.3 is 23.7 Å². The summed E-state index contributed by atoms with van der Waals surface area (Å²) in [6.07, 6.45) is -0.632. The van der Waals surface area contributed by atoms with Crippen molar-refractivity contribution >= 4 is 23.9 Å². The molecule has 3 aromatic carbocycles. The largest absolute Gasteiger partial charge is 0.462 e. The Bertz CT molecular complexity index is 1440. The predicted molar refractivity (Wildman–Crippen MR) is 158 cm³/mol. The van der Waals surface area contributed by atoms with Gasteiger partial charge in [-0.15, -0.1) is 0 Å². The van der Waals surface area contributed by atoms with Crippen molar-refractivity contribution in [1.29, 1.82) is 0 Å². The number of fused-ring (bicyclic) bond motifs is 2. The Kier molecular flexibility index (Phi) is 9.75. The van der Waals surface area contributed by atoms with E-state index >= 15 is 0 Å². The average Bonchev–Trinajstić information content (AvgIpc) is 3.59. The molecule has 5 rings (SSSR count). The van der Waals surface area contributed by atoms with E-state index in [-0.39, 0.29) is 32.8 Å². The lowest BCUT2D eigenvalue weighted by atomic mass is 9.67. The molecule has 0 aliphatic carbocycles. The Morgan fingerprint density at radius 1 is 0.750 bits per heavy atom. The minimum atomic E-state index is -1.37. The zero-order valence-electron chi connectivity index (χ0n) is 24.8. The van der Waals surface area contributed by atoms with Crippen LogP contribution in [0.4, 0.5) is 0 Å². The summed E-state index contributed by atoms with van der Waals surface area (Å²) < 4.78 is 29.1. The molecule has 2 fully saturated rings. The van der Waals surface area contributed by atoms with Gasteiger partial charge in [0.2, 0.25) is 0 Å². The Labute approximate surface area is 256 Å². The molecule has 44 heavy (non-hydrogen) atoms. The van der Waals surface area contributed by atoms with Gasteiger partial charge >= 0.3 is 23.9 Å². The van der Waals surface area contributed by atoms with Crippen molar-refractivity contribution in [2.45, 2.75) is 45.2 Å². The van der Waals surface area contributed by atoms with E-state index in [1.807, 2.05) is 60.7 Å². The first-order chi connectivity index (χ1) is 21.3. The summed E-state index contributed by atoms with van der Waals surface area (Å²) in [7, 11) is 0. The van der Waals surface area contributed by atoms with Gasteiger partial charge in [-0.3, -0.25) is 14.4 Å². The highest BCUT2D eigenvalue weighted by Gasteiger charge is 2.69. The molecular weight excluding hydrogens is 564 g/mol. The van der Waals surface area contributed by atoms with Crippen LogP contribution in [0.2, 0.25) is 0 Å². The minimum Gasteiger partial charge on any atom is -0.462 e. The van der Waals surface area contributed by atoms with Gasteiger partial charge in [-0.1, -0.05) is 92.7 Å². The van der Waals surface area contributed by atoms with Crippen LogP contribution in [0.5, 0.6) is 0 Å². The standard InChI is InChI=1S/C35H36O9/c1-23(2)31(36)43-22-35-18-27(21-42-32(37)26-16-10-5-11-17-26)30(44-35)28(33(38)40-19-24-12-6-3-7-13-24)29(35)34(39)41-20-25-14-8-4-9-15-25/h3-17,23,27-30H,18-22H2,1-2H3/t27-,28+,29+,30-,35-/m1/s1. The van der Waals surface area contributed by atoms with Crippen LogP contribution in [0.25, 0.3) is 0 Å². The van der Waals surface area contributed by atoms with Crippen molar-refractivity contribution < 1.29 is 42.9 Å². The van der Waals surface area contributed by atoms with Crippen molar-refractivity contribution in [1.82, 2.24) is 0 Å². The van der Waals surface area contributed by atoms with Crippen molar-refractivity contribution in [3.8, 4) is 0 Å². The van der Waals surface area contributed by atoms with E-state index in [0.717, 1.165) is 11.1 Å². The number of esters is 4. The minimum absolute atomic E-state index is 0.00231. The molecule has 2 bridgehead atoms. The van der Waals surface area contributed by atoms with Gasteiger partial charge in [0.1, 0.15) is 31.3 Å². The summed E-state index contributed by atoms with van der Waals surface area (Å²) >= 11 is 0. The number of hydrogen-bond donors (Lipinski definition) is 0. The molecule has 9 nitrogen and oxygen atoms in total. The lowest BCUT2D eigenvalue weighted by Gasteiger charge is -2.36. The van der Waals surface area contributed by atoms with Crippen LogP contribution >= 0.6 is 0 Å². The summed E-state index contributed by atoms with van der Waals surface area (Å²) in [4.78, 5) is 52.8. The summed E-state index contributed by atoms with van der Waals surface area (Å²) in [6.45, 7) is 3.07. The molecule has 0 N–H and O–H groups in total. The molecule has 9 heteroatoms. The number of rotatable bonds is 12. The fourth-order valence-corrected chi connectivity index (χ4v) is 5.87. The van der Waals surface area contributed by atoms with Crippen molar-refractivity contribution in [3.05, 3.63) is 108 Å². The first-order valence-corrected chi connectivity index (χ1v) is 14.7. The molecule has 2 saturated heterocycles. The van der Waals surface area contributed by atoms with Crippen LogP contribution in [0, 0.1) is 23.7 Å². The van der Waals surface area contributed by atoms with Gasteiger partial charge in [-0.05, 0) is 29.7 Å². The second kappa shape index (κ2) is 13.9. The van der Waals surface area contributed by atoms with Gasteiger partial charge in [-0.2, -0.15) is 0 Å².